The molecule has 0 atom stereocenters. The largest absolute Gasteiger partial charge is 0.508 e. The van der Waals surface area contributed by atoms with Crippen molar-refractivity contribution in [1.29, 1.82) is 0 Å². The fourth-order valence-corrected chi connectivity index (χ4v) is 1.29. The van der Waals surface area contributed by atoms with Crippen LogP contribution in [0.4, 0.5) is 0 Å². The minimum atomic E-state index is -1.22. The van der Waals surface area contributed by atoms with Crippen molar-refractivity contribution in [2.75, 3.05) is 0 Å². The van der Waals surface area contributed by atoms with Gasteiger partial charge in [0.05, 0.1) is 10.5 Å². The van der Waals surface area contributed by atoms with E-state index in [4.69, 9.17) is 5.11 Å². The molecule has 6 heteroatoms. The first-order valence-electron chi connectivity index (χ1n) is 5.66. The molecule has 0 heterocycles. The molecule has 6 nitrogen and oxygen atoms in total. The smallest absolute Gasteiger partial charge is 0.328 e. The number of aliphatic carboxylic acids is 1. The second-order valence-corrected chi connectivity index (χ2v) is 3.79. The number of nitro groups is 1. The normalized spacial score (nSPS) is 10.8. The van der Waals surface area contributed by atoms with E-state index in [0.29, 0.717) is 5.56 Å². The van der Waals surface area contributed by atoms with Crippen LogP contribution in [-0.4, -0.2) is 21.1 Å². The maximum Gasteiger partial charge on any atom is 0.328 e. The summed E-state index contributed by atoms with van der Waals surface area (Å²) >= 11 is 0. The molecule has 0 unspecified atom stereocenters. The average molecular weight is 285 g/mol. The Morgan fingerprint density at radius 3 is 2.71 bits per heavy atom. The maximum absolute atomic E-state index is 10.9. The van der Waals surface area contributed by atoms with Gasteiger partial charge in [-0.1, -0.05) is 24.5 Å². The van der Waals surface area contributed by atoms with Crippen molar-refractivity contribution >= 4 is 5.97 Å². The molecule has 21 heavy (non-hydrogen) atoms. The van der Waals surface area contributed by atoms with Crippen LogP contribution in [0, 0.1) is 22.0 Å². The lowest BCUT2D eigenvalue weighted by molar-refractivity contribution is -0.420. The molecule has 0 aliphatic carbocycles. The zero-order valence-corrected chi connectivity index (χ0v) is 10.8. The summed E-state index contributed by atoms with van der Waals surface area (Å²) in [5, 5.41) is 28.6. The lowest BCUT2D eigenvalue weighted by Gasteiger charge is -1.94. The lowest BCUT2D eigenvalue weighted by Crippen LogP contribution is -2.00. The monoisotopic (exact) mass is 285 g/mol. The number of phenolic OH excluding ortho intramolecular Hbond substituents is 1. The zero-order chi connectivity index (χ0) is 15.8. The third-order valence-corrected chi connectivity index (χ3v) is 2.20. The summed E-state index contributed by atoms with van der Waals surface area (Å²) in [7, 11) is 0. The molecule has 0 aromatic heterocycles. The summed E-state index contributed by atoms with van der Waals surface area (Å²) in [6.07, 6.45) is 2.80. The summed E-state index contributed by atoms with van der Waals surface area (Å²) in [6, 6.07) is 6.08. The van der Waals surface area contributed by atoms with Crippen LogP contribution >= 0.6 is 0 Å². The third-order valence-electron chi connectivity index (χ3n) is 2.20. The van der Waals surface area contributed by atoms with E-state index < -0.39 is 16.6 Å². The van der Waals surface area contributed by atoms with Gasteiger partial charge >= 0.3 is 5.97 Å². The summed E-state index contributed by atoms with van der Waals surface area (Å²) in [5.41, 5.74) is -0.00143. The van der Waals surface area contributed by atoms with Crippen molar-refractivity contribution in [2.24, 2.45) is 0 Å². The van der Waals surface area contributed by atoms with Crippen molar-refractivity contribution in [3.05, 3.63) is 76.0 Å². The molecule has 1 rings (SSSR count). The van der Waals surface area contributed by atoms with Crippen molar-refractivity contribution in [3.63, 3.8) is 0 Å². The van der Waals surface area contributed by atoms with Crippen LogP contribution in [0.5, 0.6) is 5.75 Å². The molecule has 0 saturated heterocycles. The Morgan fingerprint density at radius 2 is 2.14 bits per heavy atom. The molecular weight excluding hydrogens is 274 g/mol. The number of hydrogen-bond acceptors (Lipinski definition) is 4. The van der Waals surface area contributed by atoms with E-state index in [1.165, 1.54) is 12.1 Å². The number of rotatable bonds is 4. The first-order chi connectivity index (χ1) is 9.90. The molecule has 0 saturated carbocycles. The zero-order valence-electron chi connectivity index (χ0n) is 10.8. The Labute approximate surface area is 120 Å². The van der Waals surface area contributed by atoms with Gasteiger partial charge in [-0.15, -0.1) is 0 Å². The first kappa shape index (κ1) is 15.7. The van der Waals surface area contributed by atoms with Gasteiger partial charge in [-0.2, -0.15) is 0 Å². The highest BCUT2D eigenvalue weighted by Gasteiger charge is 2.12. The van der Waals surface area contributed by atoms with Gasteiger partial charge in [-0.05, 0) is 24.3 Å². The van der Waals surface area contributed by atoms with Crippen LogP contribution in [0.3, 0.4) is 0 Å². The summed E-state index contributed by atoms with van der Waals surface area (Å²) in [6.45, 7) is 3.48. The number of carboxylic acid groups (broad SMARTS) is 1. The molecule has 0 aliphatic rings. The van der Waals surface area contributed by atoms with Crippen LogP contribution in [-0.2, 0) is 4.79 Å². The SMILES string of the molecule is C=C(C#Cc1cccc(O)c1)/C(=C\C=C\C(=O)O)[N+](=O)[O-]. The van der Waals surface area contributed by atoms with Gasteiger partial charge in [0, 0.05) is 17.7 Å². The predicted octanol–water partition coefficient (Wildman–Crippen LogP) is 2.10. The highest BCUT2D eigenvalue weighted by molar-refractivity contribution is 5.80. The Kier molecular flexibility index (Phi) is 5.47. The van der Waals surface area contributed by atoms with Gasteiger partial charge in [0.2, 0.25) is 0 Å². The quantitative estimate of drug-likeness (QED) is 0.290. The Hall–Kier alpha value is -3.33. The number of aromatic hydroxyl groups is 1. The second-order valence-electron chi connectivity index (χ2n) is 3.79. The van der Waals surface area contributed by atoms with Crippen molar-refractivity contribution < 1.29 is 19.9 Å². The molecule has 0 fully saturated rings. The van der Waals surface area contributed by atoms with E-state index in [-0.39, 0.29) is 11.3 Å². The highest BCUT2D eigenvalue weighted by Crippen LogP contribution is 2.11. The Balaban J connectivity index is 2.99. The fourth-order valence-electron chi connectivity index (χ4n) is 1.29. The number of phenols is 1. The second kappa shape index (κ2) is 7.31. The Morgan fingerprint density at radius 1 is 1.43 bits per heavy atom. The minimum absolute atomic E-state index is 0.0295. The van der Waals surface area contributed by atoms with E-state index in [9.17, 15) is 20.0 Å². The maximum atomic E-state index is 10.9. The van der Waals surface area contributed by atoms with Gasteiger partial charge in [-0.25, -0.2) is 4.79 Å². The number of carboxylic acids is 1. The number of carbonyl (C=O) groups is 1. The molecule has 1 aromatic carbocycles. The summed E-state index contributed by atoms with van der Waals surface area (Å²) < 4.78 is 0. The molecule has 0 amide bonds. The van der Waals surface area contributed by atoms with Gasteiger partial charge < -0.3 is 10.2 Å². The topological polar surface area (TPSA) is 101 Å². The first-order valence-corrected chi connectivity index (χ1v) is 5.66. The number of nitrogens with zero attached hydrogens (tertiary/aromatic N) is 1. The van der Waals surface area contributed by atoms with Crippen LogP contribution in [0.1, 0.15) is 5.56 Å². The van der Waals surface area contributed by atoms with Crippen molar-refractivity contribution in [2.45, 2.75) is 0 Å². The van der Waals surface area contributed by atoms with Gasteiger partial charge in [-0.3, -0.25) is 10.1 Å². The fraction of sp³-hybridized carbons (Fsp3) is 0. The molecule has 0 spiro atoms. The van der Waals surface area contributed by atoms with Crippen molar-refractivity contribution in [3.8, 4) is 17.6 Å². The van der Waals surface area contributed by atoms with E-state index in [1.54, 1.807) is 12.1 Å². The summed E-state index contributed by atoms with van der Waals surface area (Å²) in [5.74, 6) is 3.94. The van der Waals surface area contributed by atoms with Crippen LogP contribution in [0.2, 0.25) is 0 Å². The lowest BCUT2D eigenvalue weighted by atomic mass is 10.1. The van der Waals surface area contributed by atoms with Gasteiger partial charge in [0.25, 0.3) is 5.70 Å². The van der Waals surface area contributed by atoms with Crippen molar-refractivity contribution in [1.82, 2.24) is 0 Å². The number of allylic oxidation sites excluding steroid dienone is 3. The molecular formula is C15H11NO5. The molecule has 106 valence electrons. The minimum Gasteiger partial charge on any atom is -0.508 e. The van der Waals surface area contributed by atoms with Crippen LogP contribution in [0.15, 0.2) is 60.3 Å². The van der Waals surface area contributed by atoms with Crippen LogP contribution in [0.25, 0.3) is 0 Å². The van der Waals surface area contributed by atoms with Crippen LogP contribution < -0.4 is 0 Å². The van der Waals surface area contributed by atoms with E-state index in [2.05, 4.69) is 18.4 Å². The molecule has 0 radical (unpaired) electrons. The third kappa shape index (κ3) is 5.44. The molecule has 0 bridgehead atoms. The Bertz CT molecular complexity index is 704. The number of hydrogen-bond donors (Lipinski definition) is 2. The predicted molar refractivity (Wildman–Crippen MR) is 76.0 cm³/mol. The average Bonchev–Trinajstić information content (AvgIpc) is 2.40. The molecule has 2 N–H and O–H groups in total. The number of benzene rings is 1. The van der Waals surface area contributed by atoms with E-state index in [0.717, 1.165) is 18.2 Å². The van der Waals surface area contributed by atoms with Gasteiger partial charge in [0.15, 0.2) is 0 Å². The molecule has 1 aromatic rings. The highest BCUT2D eigenvalue weighted by atomic mass is 16.6. The molecule has 0 aliphatic heterocycles. The van der Waals surface area contributed by atoms with E-state index >= 15 is 0 Å². The van der Waals surface area contributed by atoms with E-state index in [1.807, 2.05) is 0 Å². The summed E-state index contributed by atoms with van der Waals surface area (Å²) in [4.78, 5) is 20.5. The standard InChI is InChI=1S/C15H11NO5/c1-11(8-9-12-4-2-5-13(17)10-12)14(16(20)21)6-3-7-15(18)19/h2-7,10,17H,1H2,(H,18,19)/b7-3+,14-6+. The van der Waals surface area contributed by atoms with Gasteiger partial charge in [0.1, 0.15) is 5.75 Å².